The van der Waals surface area contributed by atoms with E-state index < -0.39 is 21.4 Å². The van der Waals surface area contributed by atoms with Gasteiger partial charge in [-0.05, 0) is 30.3 Å². The second kappa shape index (κ2) is 9.19. The van der Waals surface area contributed by atoms with Crippen molar-refractivity contribution in [3.63, 3.8) is 0 Å². The molecule has 1 aromatic heterocycles. The van der Waals surface area contributed by atoms with E-state index in [-0.39, 0.29) is 27.9 Å². The van der Waals surface area contributed by atoms with Gasteiger partial charge in [0.15, 0.2) is 0 Å². The van der Waals surface area contributed by atoms with Gasteiger partial charge >= 0.3 is 5.69 Å². The van der Waals surface area contributed by atoms with Crippen LogP contribution in [0, 0.1) is 20.2 Å². The molecule has 0 saturated carbocycles. The average molecular weight is 464 g/mol. The van der Waals surface area contributed by atoms with Gasteiger partial charge in [0, 0.05) is 22.7 Å². The summed E-state index contributed by atoms with van der Waals surface area (Å²) >= 11 is 11.9. The maximum Gasteiger partial charge on any atom is 0.355 e. The third-order valence-electron chi connectivity index (χ3n) is 3.82. The Hall–Kier alpha value is -4.03. The SMILES string of the molecule is O=C(NNc1ncnc(Nc2ccc(Cl)cc2Cl)c1[N+](=O)[O-])c1ccc([N+](=O)[O-])cc1. The Kier molecular flexibility index (Phi) is 6.43. The molecule has 0 saturated heterocycles. The first-order chi connectivity index (χ1) is 14.8. The number of hydrogen-bond donors (Lipinski definition) is 3. The Bertz CT molecular complexity index is 1170. The zero-order chi connectivity index (χ0) is 22.5. The van der Waals surface area contributed by atoms with Crippen molar-refractivity contribution < 1.29 is 14.6 Å². The molecule has 0 aliphatic heterocycles. The van der Waals surface area contributed by atoms with Crippen LogP contribution in [0.15, 0.2) is 48.8 Å². The number of nitrogens with zero attached hydrogens (tertiary/aromatic N) is 4. The second-order valence-corrected chi connectivity index (χ2v) is 6.65. The molecule has 31 heavy (non-hydrogen) atoms. The summed E-state index contributed by atoms with van der Waals surface area (Å²) in [5.41, 5.74) is 4.26. The van der Waals surface area contributed by atoms with Gasteiger partial charge in [-0.15, -0.1) is 0 Å². The van der Waals surface area contributed by atoms with Crippen LogP contribution in [0.1, 0.15) is 10.4 Å². The zero-order valence-electron chi connectivity index (χ0n) is 15.2. The molecule has 14 heteroatoms. The zero-order valence-corrected chi connectivity index (χ0v) is 16.7. The minimum atomic E-state index is -0.744. The molecule has 12 nitrogen and oxygen atoms in total. The number of aromatic nitrogens is 2. The Labute approximate surface area is 183 Å². The molecule has 0 unspecified atom stereocenters. The van der Waals surface area contributed by atoms with E-state index in [4.69, 9.17) is 23.2 Å². The van der Waals surface area contributed by atoms with Crippen molar-refractivity contribution in [1.29, 1.82) is 0 Å². The Morgan fingerprint density at radius 3 is 2.23 bits per heavy atom. The highest BCUT2D eigenvalue weighted by molar-refractivity contribution is 6.36. The molecule has 1 heterocycles. The van der Waals surface area contributed by atoms with Crippen LogP contribution in [0.2, 0.25) is 10.0 Å². The number of carbonyl (C=O) groups is 1. The largest absolute Gasteiger partial charge is 0.355 e. The fourth-order valence-electron chi connectivity index (χ4n) is 2.38. The lowest BCUT2D eigenvalue weighted by Crippen LogP contribution is -2.30. The predicted octanol–water partition coefficient (Wildman–Crippen LogP) is 4.10. The number of halogens is 2. The van der Waals surface area contributed by atoms with Crippen molar-refractivity contribution in [3.8, 4) is 0 Å². The van der Waals surface area contributed by atoms with E-state index in [1.165, 1.54) is 30.3 Å². The minimum absolute atomic E-state index is 0.0844. The molecule has 0 radical (unpaired) electrons. The van der Waals surface area contributed by atoms with E-state index in [2.05, 4.69) is 26.1 Å². The van der Waals surface area contributed by atoms with Crippen LogP contribution >= 0.6 is 23.2 Å². The number of hydrazine groups is 1. The van der Waals surface area contributed by atoms with Crippen LogP contribution < -0.4 is 16.2 Å². The predicted molar refractivity (Wildman–Crippen MR) is 113 cm³/mol. The van der Waals surface area contributed by atoms with Crippen molar-refractivity contribution in [3.05, 3.63) is 84.6 Å². The molecule has 158 valence electrons. The first-order valence-electron chi connectivity index (χ1n) is 8.28. The van der Waals surface area contributed by atoms with Crippen LogP contribution in [0.5, 0.6) is 0 Å². The summed E-state index contributed by atoms with van der Waals surface area (Å²) in [6.45, 7) is 0. The monoisotopic (exact) mass is 463 g/mol. The van der Waals surface area contributed by atoms with E-state index >= 15 is 0 Å². The lowest BCUT2D eigenvalue weighted by atomic mass is 10.2. The molecule has 0 fully saturated rings. The molecule has 0 bridgehead atoms. The summed E-state index contributed by atoms with van der Waals surface area (Å²) in [7, 11) is 0. The van der Waals surface area contributed by atoms with Gasteiger partial charge in [0.1, 0.15) is 6.33 Å². The molecule has 0 aliphatic carbocycles. The summed E-state index contributed by atoms with van der Waals surface area (Å²) in [4.78, 5) is 40.8. The first kappa shape index (κ1) is 21.7. The van der Waals surface area contributed by atoms with Crippen molar-refractivity contribution in [2.24, 2.45) is 0 Å². The molecule has 0 atom stereocenters. The van der Waals surface area contributed by atoms with Gasteiger partial charge in [0.25, 0.3) is 11.6 Å². The molecule has 3 N–H and O–H groups in total. The number of amides is 1. The lowest BCUT2D eigenvalue weighted by Gasteiger charge is -2.11. The number of nitro benzene ring substituents is 1. The topological polar surface area (TPSA) is 165 Å². The standard InChI is InChI=1S/C17H11Cl2N7O5/c18-10-3-6-13(12(19)7-10)22-15-14(26(30)31)16(21-8-20-15)23-24-17(27)9-1-4-11(5-2-9)25(28)29/h1-8H,(H,24,27)(H2,20,21,22,23). The fourth-order valence-corrected chi connectivity index (χ4v) is 2.83. The lowest BCUT2D eigenvalue weighted by molar-refractivity contribution is -0.384. The van der Waals surface area contributed by atoms with Gasteiger partial charge in [-0.1, -0.05) is 23.2 Å². The molecule has 0 spiro atoms. The van der Waals surface area contributed by atoms with Gasteiger partial charge < -0.3 is 5.32 Å². The van der Waals surface area contributed by atoms with E-state index in [0.29, 0.717) is 10.7 Å². The number of non-ortho nitro benzene ring substituents is 1. The second-order valence-electron chi connectivity index (χ2n) is 5.81. The summed E-state index contributed by atoms with van der Waals surface area (Å²) in [6.07, 6.45) is 1.04. The molecule has 3 rings (SSSR count). The van der Waals surface area contributed by atoms with E-state index in [0.717, 1.165) is 18.5 Å². The number of nitro groups is 2. The van der Waals surface area contributed by atoms with Crippen molar-refractivity contribution in [2.45, 2.75) is 0 Å². The normalized spacial score (nSPS) is 10.3. The summed E-state index contributed by atoms with van der Waals surface area (Å²) in [5.74, 6) is -1.18. The number of benzene rings is 2. The third kappa shape index (κ3) is 5.12. The minimum Gasteiger partial charge on any atom is -0.333 e. The quantitative estimate of drug-likeness (QED) is 0.345. The molecule has 3 aromatic rings. The maximum atomic E-state index is 12.2. The third-order valence-corrected chi connectivity index (χ3v) is 4.37. The van der Waals surface area contributed by atoms with Gasteiger partial charge in [0.2, 0.25) is 11.6 Å². The van der Waals surface area contributed by atoms with Gasteiger partial charge in [-0.25, -0.2) is 9.97 Å². The van der Waals surface area contributed by atoms with Crippen LogP contribution in [-0.4, -0.2) is 25.7 Å². The number of hydrogen-bond acceptors (Lipinski definition) is 9. The molecular weight excluding hydrogens is 453 g/mol. The van der Waals surface area contributed by atoms with Crippen LogP contribution in [0.25, 0.3) is 0 Å². The Morgan fingerprint density at radius 1 is 0.935 bits per heavy atom. The Morgan fingerprint density at radius 2 is 1.61 bits per heavy atom. The molecule has 1 amide bonds. The number of carbonyl (C=O) groups excluding carboxylic acids is 1. The first-order valence-corrected chi connectivity index (χ1v) is 9.04. The number of anilines is 3. The fraction of sp³-hybridized carbons (Fsp3) is 0. The number of nitrogens with one attached hydrogen (secondary N) is 3. The summed E-state index contributed by atoms with van der Waals surface area (Å²) in [5, 5.41) is 25.6. The molecular formula is C17H11Cl2N7O5. The van der Waals surface area contributed by atoms with Gasteiger partial charge in [0.05, 0.1) is 20.6 Å². The van der Waals surface area contributed by atoms with Crippen LogP contribution in [0.4, 0.5) is 28.7 Å². The number of rotatable bonds is 7. The smallest absolute Gasteiger partial charge is 0.333 e. The van der Waals surface area contributed by atoms with Gasteiger partial charge in [-0.3, -0.25) is 35.9 Å². The van der Waals surface area contributed by atoms with Crippen molar-refractivity contribution in [1.82, 2.24) is 15.4 Å². The average Bonchev–Trinajstić information content (AvgIpc) is 2.74. The Balaban J connectivity index is 1.81. The highest BCUT2D eigenvalue weighted by Crippen LogP contribution is 2.34. The maximum absolute atomic E-state index is 12.2. The van der Waals surface area contributed by atoms with Crippen LogP contribution in [-0.2, 0) is 0 Å². The van der Waals surface area contributed by atoms with Crippen LogP contribution in [0.3, 0.4) is 0 Å². The van der Waals surface area contributed by atoms with E-state index in [1.807, 2.05) is 0 Å². The molecule has 0 aliphatic rings. The highest BCUT2D eigenvalue weighted by atomic mass is 35.5. The van der Waals surface area contributed by atoms with Crippen molar-refractivity contribution >= 4 is 57.8 Å². The van der Waals surface area contributed by atoms with Crippen molar-refractivity contribution in [2.75, 3.05) is 10.7 Å². The summed E-state index contributed by atoms with van der Waals surface area (Å²) < 4.78 is 0. The molecule has 2 aromatic carbocycles. The summed E-state index contributed by atoms with van der Waals surface area (Å²) in [6, 6.07) is 9.27. The van der Waals surface area contributed by atoms with Gasteiger partial charge in [-0.2, -0.15) is 0 Å². The highest BCUT2D eigenvalue weighted by Gasteiger charge is 2.24. The van der Waals surface area contributed by atoms with E-state index in [1.54, 1.807) is 0 Å². The van der Waals surface area contributed by atoms with E-state index in [9.17, 15) is 25.0 Å².